The quantitative estimate of drug-likeness (QED) is 0.464. The first-order valence-electron chi connectivity index (χ1n) is 10.7. The lowest BCUT2D eigenvalue weighted by atomic mass is 10.0. The smallest absolute Gasteiger partial charge is 0.261 e. The molecule has 0 saturated carbocycles. The molecule has 5 rings (SSSR count). The van der Waals surface area contributed by atoms with E-state index in [2.05, 4.69) is 15.2 Å². The molecule has 1 amide bonds. The Hall–Kier alpha value is -3.29. The van der Waals surface area contributed by atoms with Gasteiger partial charge in [0.2, 0.25) is 0 Å². The molecule has 1 fully saturated rings. The predicted molar refractivity (Wildman–Crippen MR) is 127 cm³/mol. The van der Waals surface area contributed by atoms with Crippen LogP contribution in [-0.4, -0.2) is 28.9 Å². The second-order valence-electron chi connectivity index (χ2n) is 8.01. The molecule has 4 aromatic rings. The number of hydrogen-bond donors (Lipinski definition) is 1. The van der Waals surface area contributed by atoms with Crippen LogP contribution in [0.25, 0.3) is 22.3 Å². The van der Waals surface area contributed by atoms with E-state index in [1.165, 1.54) is 24.2 Å². The van der Waals surface area contributed by atoms with Crippen molar-refractivity contribution in [3.05, 3.63) is 81.0 Å². The Morgan fingerprint density at radius 1 is 1.12 bits per heavy atom. The lowest BCUT2D eigenvalue weighted by Gasteiger charge is -2.12. The number of aromatic nitrogens is 1. The van der Waals surface area contributed by atoms with Crippen molar-refractivity contribution >= 4 is 33.3 Å². The minimum atomic E-state index is -0.344. The highest BCUT2D eigenvalue weighted by Crippen LogP contribution is 2.28. The van der Waals surface area contributed by atoms with Crippen LogP contribution in [0.1, 0.15) is 34.5 Å². The molecule has 1 N–H and O–H groups in total. The molecule has 0 radical (unpaired) electrons. The maximum atomic E-state index is 13.1. The van der Waals surface area contributed by atoms with Crippen LogP contribution < -0.4 is 10.7 Å². The van der Waals surface area contributed by atoms with Crippen LogP contribution in [0.3, 0.4) is 0 Å². The summed E-state index contributed by atoms with van der Waals surface area (Å²) in [6.07, 6.45) is 2.45. The summed E-state index contributed by atoms with van der Waals surface area (Å²) in [5, 5.41) is 5.79. The topological polar surface area (TPSA) is 75.4 Å². The number of benzene rings is 2. The zero-order chi connectivity index (χ0) is 22.1. The van der Waals surface area contributed by atoms with Crippen molar-refractivity contribution in [1.29, 1.82) is 0 Å². The summed E-state index contributed by atoms with van der Waals surface area (Å²) in [4.78, 5) is 33.1. The van der Waals surface area contributed by atoms with E-state index in [1.54, 1.807) is 25.1 Å². The lowest BCUT2D eigenvalue weighted by molar-refractivity contribution is 0.102. The largest absolute Gasteiger partial charge is 0.455 e. The van der Waals surface area contributed by atoms with Gasteiger partial charge in [0.05, 0.1) is 16.6 Å². The van der Waals surface area contributed by atoms with Gasteiger partial charge in [0.25, 0.3) is 5.91 Å². The standard InChI is InChI=1S/C25H23N3O3S/c1-16-21(29)19-10-7-11-20(23(19)31-22(16)17-8-3-2-4-9-17)24(30)27-25-26-18(15-32-25)14-28-12-5-6-13-28/h2-4,7-11,15H,5-6,12-14H2,1H3,(H,26,27,30). The summed E-state index contributed by atoms with van der Waals surface area (Å²) in [5.41, 5.74) is 2.74. The zero-order valence-electron chi connectivity index (χ0n) is 17.8. The van der Waals surface area contributed by atoms with Crippen molar-refractivity contribution < 1.29 is 9.21 Å². The van der Waals surface area contributed by atoms with Gasteiger partial charge in [0, 0.05) is 23.1 Å². The monoisotopic (exact) mass is 445 g/mol. The summed E-state index contributed by atoms with van der Waals surface area (Å²) < 4.78 is 6.16. The average Bonchev–Trinajstić information content (AvgIpc) is 3.49. The number of para-hydroxylation sites is 1. The number of fused-ring (bicyclic) bond motifs is 1. The predicted octanol–water partition coefficient (Wildman–Crippen LogP) is 5.07. The highest BCUT2D eigenvalue weighted by Gasteiger charge is 2.20. The number of amides is 1. The Labute approximate surface area is 189 Å². The Morgan fingerprint density at radius 2 is 1.91 bits per heavy atom. The molecule has 0 unspecified atom stereocenters. The number of carbonyl (C=O) groups is 1. The molecule has 32 heavy (non-hydrogen) atoms. The molecule has 0 atom stereocenters. The summed E-state index contributed by atoms with van der Waals surface area (Å²) in [6, 6.07) is 14.5. The molecule has 2 aromatic heterocycles. The van der Waals surface area contributed by atoms with Crippen LogP contribution in [0.4, 0.5) is 5.13 Å². The van der Waals surface area contributed by atoms with Gasteiger partial charge in [-0.3, -0.25) is 19.8 Å². The van der Waals surface area contributed by atoms with Crippen molar-refractivity contribution in [2.45, 2.75) is 26.3 Å². The van der Waals surface area contributed by atoms with Crippen LogP contribution in [0, 0.1) is 6.92 Å². The fourth-order valence-corrected chi connectivity index (χ4v) is 4.82. The van der Waals surface area contributed by atoms with Gasteiger partial charge in [-0.25, -0.2) is 4.98 Å². The zero-order valence-corrected chi connectivity index (χ0v) is 18.6. The number of anilines is 1. The van der Waals surface area contributed by atoms with Crippen LogP contribution in [0.2, 0.25) is 0 Å². The van der Waals surface area contributed by atoms with Crippen LogP contribution >= 0.6 is 11.3 Å². The van der Waals surface area contributed by atoms with Crippen molar-refractivity contribution in [2.75, 3.05) is 18.4 Å². The molecule has 0 spiro atoms. The Bertz CT molecular complexity index is 1340. The van der Waals surface area contributed by atoms with Crippen molar-refractivity contribution in [3.63, 3.8) is 0 Å². The molecule has 1 saturated heterocycles. The van der Waals surface area contributed by atoms with Gasteiger partial charge in [0.15, 0.2) is 16.1 Å². The number of nitrogens with zero attached hydrogens (tertiary/aromatic N) is 2. The fraction of sp³-hybridized carbons (Fsp3) is 0.240. The molecular weight excluding hydrogens is 422 g/mol. The number of likely N-dealkylation sites (tertiary alicyclic amines) is 1. The molecule has 3 heterocycles. The highest BCUT2D eigenvalue weighted by molar-refractivity contribution is 7.14. The van der Waals surface area contributed by atoms with Crippen molar-refractivity contribution in [2.24, 2.45) is 0 Å². The SMILES string of the molecule is Cc1c(-c2ccccc2)oc2c(C(=O)Nc3nc(CN4CCCC4)cs3)cccc2c1=O. The van der Waals surface area contributed by atoms with Gasteiger partial charge >= 0.3 is 0 Å². The third-order valence-corrected chi connectivity index (χ3v) is 6.59. The van der Waals surface area contributed by atoms with E-state index < -0.39 is 0 Å². The van der Waals surface area contributed by atoms with Crippen molar-refractivity contribution in [1.82, 2.24) is 9.88 Å². The van der Waals surface area contributed by atoms with E-state index in [4.69, 9.17) is 4.42 Å². The summed E-state index contributed by atoms with van der Waals surface area (Å²) in [7, 11) is 0. The molecule has 2 aromatic carbocycles. The van der Waals surface area contributed by atoms with E-state index in [-0.39, 0.29) is 16.9 Å². The molecule has 0 aliphatic carbocycles. The molecule has 1 aliphatic heterocycles. The molecule has 162 valence electrons. The van der Waals surface area contributed by atoms with Gasteiger partial charge in [-0.05, 0) is 45.0 Å². The van der Waals surface area contributed by atoms with E-state index in [0.717, 1.165) is 30.9 Å². The number of thiazole rings is 1. The summed E-state index contributed by atoms with van der Waals surface area (Å²) >= 11 is 1.40. The first kappa shape index (κ1) is 20.6. The number of carbonyl (C=O) groups excluding carboxylic acids is 1. The minimum absolute atomic E-state index is 0.137. The Balaban J connectivity index is 1.47. The van der Waals surface area contributed by atoms with Crippen LogP contribution in [-0.2, 0) is 6.54 Å². The van der Waals surface area contributed by atoms with Crippen LogP contribution in [0.15, 0.2) is 63.1 Å². The van der Waals surface area contributed by atoms with Crippen LogP contribution in [0.5, 0.6) is 0 Å². The molecule has 7 heteroatoms. The molecule has 6 nitrogen and oxygen atoms in total. The van der Waals surface area contributed by atoms with Gasteiger partial charge in [-0.2, -0.15) is 0 Å². The van der Waals surface area contributed by atoms with Gasteiger partial charge in [-0.15, -0.1) is 11.3 Å². The number of nitrogens with one attached hydrogen (secondary N) is 1. The van der Waals surface area contributed by atoms with E-state index in [1.807, 2.05) is 35.7 Å². The van der Waals surface area contributed by atoms with Gasteiger partial charge < -0.3 is 4.42 Å². The van der Waals surface area contributed by atoms with E-state index in [9.17, 15) is 9.59 Å². The molecule has 1 aliphatic rings. The second-order valence-corrected chi connectivity index (χ2v) is 8.87. The number of hydrogen-bond acceptors (Lipinski definition) is 6. The second kappa shape index (κ2) is 8.68. The first-order chi connectivity index (χ1) is 15.6. The first-order valence-corrected chi connectivity index (χ1v) is 11.6. The third-order valence-electron chi connectivity index (χ3n) is 5.78. The molecule has 0 bridgehead atoms. The average molecular weight is 446 g/mol. The van der Waals surface area contributed by atoms with Gasteiger partial charge in [0.1, 0.15) is 5.76 Å². The minimum Gasteiger partial charge on any atom is -0.455 e. The van der Waals surface area contributed by atoms with Crippen molar-refractivity contribution in [3.8, 4) is 11.3 Å². The maximum Gasteiger partial charge on any atom is 0.261 e. The number of rotatable bonds is 5. The normalized spacial score (nSPS) is 14.2. The van der Waals surface area contributed by atoms with Gasteiger partial charge in [-0.1, -0.05) is 36.4 Å². The lowest BCUT2D eigenvalue weighted by Crippen LogP contribution is -2.18. The fourth-order valence-electron chi connectivity index (χ4n) is 4.12. The summed E-state index contributed by atoms with van der Waals surface area (Å²) in [5.74, 6) is 0.134. The Morgan fingerprint density at radius 3 is 2.69 bits per heavy atom. The summed E-state index contributed by atoms with van der Waals surface area (Å²) in [6.45, 7) is 4.74. The van der Waals surface area contributed by atoms with E-state index >= 15 is 0 Å². The highest BCUT2D eigenvalue weighted by atomic mass is 32.1. The maximum absolute atomic E-state index is 13.1. The van der Waals surface area contributed by atoms with E-state index in [0.29, 0.717) is 27.4 Å². The Kier molecular flexibility index (Phi) is 5.59. The third kappa shape index (κ3) is 3.97. The molecular formula is C25H23N3O3S.